The molecular formula is C16H12Cl2N2O2. The summed E-state index contributed by atoms with van der Waals surface area (Å²) in [5.74, 6) is 0.970. The molecule has 3 rings (SSSR count). The molecule has 0 N–H and O–H groups in total. The van der Waals surface area contributed by atoms with Crippen molar-refractivity contribution < 1.29 is 9.47 Å². The normalized spacial score (nSPS) is 10.7. The van der Waals surface area contributed by atoms with E-state index in [0.29, 0.717) is 32.6 Å². The highest BCUT2D eigenvalue weighted by atomic mass is 35.5. The van der Waals surface area contributed by atoms with Crippen molar-refractivity contribution in [3.8, 4) is 22.6 Å². The van der Waals surface area contributed by atoms with E-state index in [9.17, 15) is 0 Å². The van der Waals surface area contributed by atoms with Crippen LogP contribution < -0.4 is 9.47 Å². The van der Waals surface area contributed by atoms with E-state index in [1.54, 1.807) is 32.7 Å². The van der Waals surface area contributed by atoms with Crippen LogP contribution in [0, 0.1) is 0 Å². The Kier molecular flexibility index (Phi) is 4.05. The second kappa shape index (κ2) is 5.99. The highest BCUT2D eigenvalue weighted by molar-refractivity contribution is 6.41. The molecule has 0 fully saturated rings. The molecule has 0 atom stereocenters. The van der Waals surface area contributed by atoms with E-state index in [0.717, 1.165) is 11.1 Å². The lowest BCUT2D eigenvalue weighted by Crippen LogP contribution is -1.94. The molecule has 0 aliphatic heterocycles. The van der Waals surface area contributed by atoms with Gasteiger partial charge < -0.3 is 9.47 Å². The number of halogens is 2. The van der Waals surface area contributed by atoms with Crippen LogP contribution in [0.2, 0.25) is 10.0 Å². The SMILES string of the molecule is COc1cc(OC)c(Cl)c(-c2cccc3nccnc23)c1Cl. The molecule has 0 aliphatic carbocycles. The molecule has 4 nitrogen and oxygen atoms in total. The number of benzene rings is 2. The van der Waals surface area contributed by atoms with Crippen LogP contribution in [0.15, 0.2) is 36.7 Å². The van der Waals surface area contributed by atoms with Crippen molar-refractivity contribution in [1.82, 2.24) is 9.97 Å². The van der Waals surface area contributed by atoms with Crippen LogP contribution in [0.1, 0.15) is 0 Å². The number of aromatic nitrogens is 2. The average molecular weight is 335 g/mol. The first-order valence-electron chi connectivity index (χ1n) is 6.47. The molecule has 0 spiro atoms. The number of ether oxygens (including phenoxy) is 2. The molecule has 0 saturated heterocycles. The Morgan fingerprint density at radius 3 is 2.18 bits per heavy atom. The summed E-state index contributed by atoms with van der Waals surface area (Å²) >= 11 is 12.9. The zero-order valence-corrected chi connectivity index (χ0v) is 13.4. The molecule has 3 aromatic rings. The van der Waals surface area contributed by atoms with Gasteiger partial charge in [0.05, 0.1) is 35.3 Å². The Balaban J connectivity index is 2.40. The predicted molar refractivity (Wildman–Crippen MR) is 88.1 cm³/mol. The fourth-order valence-electron chi connectivity index (χ4n) is 2.32. The zero-order valence-electron chi connectivity index (χ0n) is 11.9. The van der Waals surface area contributed by atoms with Crippen molar-refractivity contribution in [1.29, 1.82) is 0 Å². The van der Waals surface area contributed by atoms with Crippen LogP contribution in [-0.4, -0.2) is 24.2 Å². The maximum Gasteiger partial charge on any atom is 0.141 e. The standard InChI is InChI=1S/C16H12Cl2N2O2/c1-21-11-8-12(22-2)15(18)13(14(11)17)9-4-3-5-10-16(9)20-7-6-19-10/h3-8H,1-2H3. The van der Waals surface area contributed by atoms with Gasteiger partial charge in [-0.15, -0.1) is 0 Å². The van der Waals surface area contributed by atoms with Gasteiger partial charge in [0.25, 0.3) is 0 Å². The minimum atomic E-state index is 0.409. The fraction of sp³-hybridized carbons (Fsp3) is 0.125. The third-order valence-corrected chi connectivity index (χ3v) is 4.09. The number of para-hydroxylation sites is 1. The second-order valence-electron chi connectivity index (χ2n) is 4.51. The predicted octanol–water partition coefficient (Wildman–Crippen LogP) is 4.62. The van der Waals surface area contributed by atoms with Gasteiger partial charge in [-0.25, -0.2) is 0 Å². The third-order valence-electron chi connectivity index (χ3n) is 3.34. The second-order valence-corrected chi connectivity index (χ2v) is 5.27. The minimum absolute atomic E-state index is 0.409. The van der Waals surface area contributed by atoms with E-state index in [2.05, 4.69) is 9.97 Å². The monoisotopic (exact) mass is 334 g/mol. The Labute approximate surface area is 137 Å². The first kappa shape index (κ1) is 14.9. The Morgan fingerprint density at radius 2 is 1.55 bits per heavy atom. The molecule has 1 aromatic heterocycles. The van der Waals surface area contributed by atoms with E-state index in [1.807, 2.05) is 18.2 Å². The quantitative estimate of drug-likeness (QED) is 0.700. The van der Waals surface area contributed by atoms with E-state index in [1.165, 1.54) is 0 Å². The summed E-state index contributed by atoms with van der Waals surface area (Å²) in [7, 11) is 3.09. The summed E-state index contributed by atoms with van der Waals surface area (Å²) in [5.41, 5.74) is 2.86. The Hall–Kier alpha value is -2.04. The first-order chi connectivity index (χ1) is 10.7. The summed E-state index contributed by atoms with van der Waals surface area (Å²) in [4.78, 5) is 8.69. The highest BCUT2D eigenvalue weighted by Crippen LogP contribution is 2.47. The van der Waals surface area contributed by atoms with Crippen LogP contribution in [0.25, 0.3) is 22.2 Å². The summed E-state index contributed by atoms with van der Waals surface area (Å²) in [5, 5.41) is 0.818. The maximum absolute atomic E-state index is 6.46. The minimum Gasteiger partial charge on any atom is -0.495 e. The molecule has 0 amide bonds. The van der Waals surface area contributed by atoms with Crippen molar-refractivity contribution >= 4 is 34.2 Å². The third kappa shape index (κ3) is 2.34. The maximum atomic E-state index is 6.46. The van der Waals surface area contributed by atoms with Gasteiger partial charge in [0.15, 0.2) is 0 Å². The van der Waals surface area contributed by atoms with Crippen molar-refractivity contribution in [3.63, 3.8) is 0 Å². The van der Waals surface area contributed by atoms with Gasteiger partial charge in [0, 0.05) is 29.6 Å². The van der Waals surface area contributed by atoms with Gasteiger partial charge in [-0.1, -0.05) is 35.3 Å². The largest absolute Gasteiger partial charge is 0.495 e. The van der Waals surface area contributed by atoms with E-state index >= 15 is 0 Å². The Bertz CT molecular complexity index is 819. The Morgan fingerprint density at radius 1 is 0.909 bits per heavy atom. The summed E-state index contributed by atoms with van der Waals surface area (Å²) < 4.78 is 10.6. The average Bonchev–Trinajstić information content (AvgIpc) is 2.55. The van der Waals surface area contributed by atoms with Crippen molar-refractivity contribution in [3.05, 3.63) is 46.7 Å². The van der Waals surface area contributed by atoms with Crippen LogP contribution in [-0.2, 0) is 0 Å². The van der Waals surface area contributed by atoms with Crippen LogP contribution >= 0.6 is 23.2 Å². The smallest absolute Gasteiger partial charge is 0.141 e. The van der Waals surface area contributed by atoms with Gasteiger partial charge >= 0.3 is 0 Å². The van der Waals surface area contributed by atoms with Crippen LogP contribution in [0.4, 0.5) is 0 Å². The zero-order chi connectivity index (χ0) is 15.7. The van der Waals surface area contributed by atoms with Crippen LogP contribution in [0.5, 0.6) is 11.5 Å². The summed E-state index contributed by atoms with van der Waals surface area (Å²) in [6.45, 7) is 0. The van der Waals surface area contributed by atoms with Gasteiger partial charge in [-0.3, -0.25) is 9.97 Å². The van der Waals surface area contributed by atoms with Crippen molar-refractivity contribution in [2.45, 2.75) is 0 Å². The number of rotatable bonds is 3. The van der Waals surface area contributed by atoms with Crippen molar-refractivity contribution in [2.75, 3.05) is 14.2 Å². The number of nitrogens with zero attached hydrogens (tertiary/aromatic N) is 2. The summed E-state index contributed by atoms with van der Waals surface area (Å²) in [6, 6.07) is 7.31. The molecule has 22 heavy (non-hydrogen) atoms. The lowest BCUT2D eigenvalue weighted by atomic mass is 10.0. The fourth-order valence-corrected chi connectivity index (χ4v) is 3.02. The lowest BCUT2D eigenvalue weighted by molar-refractivity contribution is 0.395. The van der Waals surface area contributed by atoms with Gasteiger partial charge in [0.1, 0.15) is 11.5 Å². The number of hydrogen-bond donors (Lipinski definition) is 0. The van der Waals surface area contributed by atoms with Gasteiger partial charge in [-0.2, -0.15) is 0 Å². The number of methoxy groups -OCH3 is 2. The molecule has 112 valence electrons. The van der Waals surface area contributed by atoms with E-state index in [-0.39, 0.29) is 0 Å². The molecule has 0 unspecified atom stereocenters. The first-order valence-corrected chi connectivity index (χ1v) is 7.23. The van der Waals surface area contributed by atoms with Gasteiger partial charge in [0.2, 0.25) is 0 Å². The molecule has 0 saturated carbocycles. The molecule has 0 bridgehead atoms. The summed E-state index contributed by atoms with van der Waals surface area (Å²) in [6.07, 6.45) is 3.27. The van der Waals surface area contributed by atoms with Crippen molar-refractivity contribution in [2.24, 2.45) is 0 Å². The molecular weight excluding hydrogens is 323 g/mol. The van der Waals surface area contributed by atoms with Crippen LogP contribution in [0.3, 0.4) is 0 Å². The van der Waals surface area contributed by atoms with E-state index < -0.39 is 0 Å². The van der Waals surface area contributed by atoms with Gasteiger partial charge in [-0.05, 0) is 6.07 Å². The molecule has 0 aliphatic rings. The lowest BCUT2D eigenvalue weighted by Gasteiger charge is -2.15. The molecule has 6 heteroatoms. The highest BCUT2D eigenvalue weighted by Gasteiger charge is 2.20. The molecule has 2 aromatic carbocycles. The van der Waals surface area contributed by atoms with E-state index in [4.69, 9.17) is 32.7 Å². The molecule has 1 heterocycles. The number of hydrogen-bond acceptors (Lipinski definition) is 4. The topological polar surface area (TPSA) is 44.2 Å². The molecule has 0 radical (unpaired) electrons. The number of fused-ring (bicyclic) bond motifs is 1.